The summed E-state index contributed by atoms with van der Waals surface area (Å²) in [5, 5.41) is 10.7. The second kappa shape index (κ2) is 7.04. The van der Waals surface area contributed by atoms with E-state index in [0.717, 1.165) is 12.0 Å². The molecule has 1 aromatic carbocycles. The number of hydrogen-bond donors (Lipinski definition) is 1. The molecule has 21 heavy (non-hydrogen) atoms. The highest BCUT2D eigenvalue weighted by molar-refractivity contribution is 5.29. The first-order valence-corrected chi connectivity index (χ1v) is 6.89. The molecular weight excluding hydrogens is 268 g/mol. The number of ether oxygens (including phenoxy) is 2. The van der Waals surface area contributed by atoms with E-state index < -0.39 is 6.10 Å². The molecule has 0 aliphatic carbocycles. The number of nitrogens with zero attached hydrogens (tertiary/aromatic N) is 2. The van der Waals surface area contributed by atoms with E-state index in [1.165, 1.54) is 20.4 Å². The minimum atomic E-state index is -0.786. The van der Waals surface area contributed by atoms with Crippen LogP contribution in [-0.2, 0) is 0 Å². The van der Waals surface area contributed by atoms with Gasteiger partial charge in [0.05, 0.1) is 20.4 Å². The third-order valence-corrected chi connectivity index (χ3v) is 3.48. The van der Waals surface area contributed by atoms with Crippen molar-refractivity contribution in [1.82, 2.24) is 9.97 Å². The van der Waals surface area contributed by atoms with Crippen molar-refractivity contribution >= 4 is 0 Å². The van der Waals surface area contributed by atoms with Gasteiger partial charge in [0.25, 0.3) is 0 Å². The van der Waals surface area contributed by atoms with Gasteiger partial charge in [-0.25, -0.2) is 4.98 Å². The molecular formula is C16H20N2O3. The number of methoxy groups -OCH3 is 2. The molecule has 0 aliphatic heterocycles. The van der Waals surface area contributed by atoms with Crippen LogP contribution in [0.3, 0.4) is 0 Å². The van der Waals surface area contributed by atoms with Crippen molar-refractivity contribution in [3.8, 4) is 11.8 Å². The van der Waals surface area contributed by atoms with E-state index in [9.17, 15) is 5.11 Å². The number of benzene rings is 1. The van der Waals surface area contributed by atoms with Crippen molar-refractivity contribution in [3.63, 3.8) is 0 Å². The summed E-state index contributed by atoms with van der Waals surface area (Å²) in [6.45, 7) is 2.03. The van der Waals surface area contributed by atoms with Crippen LogP contribution in [0.2, 0.25) is 0 Å². The fourth-order valence-corrected chi connectivity index (χ4v) is 2.35. The minimum Gasteiger partial charge on any atom is -0.480 e. The fourth-order valence-electron chi connectivity index (χ4n) is 2.35. The molecule has 1 N–H and O–H groups in total. The van der Waals surface area contributed by atoms with Gasteiger partial charge in [-0.1, -0.05) is 37.3 Å². The molecule has 0 radical (unpaired) electrons. The summed E-state index contributed by atoms with van der Waals surface area (Å²) in [5.74, 6) is 0.578. The van der Waals surface area contributed by atoms with Crippen LogP contribution in [-0.4, -0.2) is 29.3 Å². The Hall–Kier alpha value is -2.14. The van der Waals surface area contributed by atoms with Crippen molar-refractivity contribution in [2.75, 3.05) is 14.2 Å². The van der Waals surface area contributed by atoms with Gasteiger partial charge in [-0.2, -0.15) is 4.98 Å². The van der Waals surface area contributed by atoms with E-state index in [1.807, 2.05) is 37.3 Å². The number of aliphatic hydroxyl groups is 1. The summed E-state index contributed by atoms with van der Waals surface area (Å²) in [4.78, 5) is 8.43. The molecule has 2 atom stereocenters. The molecule has 0 saturated heterocycles. The van der Waals surface area contributed by atoms with Crippen LogP contribution in [0.1, 0.15) is 36.6 Å². The van der Waals surface area contributed by atoms with E-state index in [1.54, 1.807) is 0 Å². The highest BCUT2D eigenvalue weighted by Gasteiger charge is 2.26. The zero-order valence-corrected chi connectivity index (χ0v) is 12.5. The third kappa shape index (κ3) is 3.31. The quantitative estimate of drug-likeness (QED) is 0.885. The van der Waals surface area contributed by atoms with Crippen LogP contribution in [0.4, 0.5) is 0 Å². The Morgan fingerprint density at radius 1 is 1.14 bits per heavy atom. The van der Waals surface area contributed by atoms with Crippen molar-refractivity contribution in [1.29, 1.82) is 0 Å². The minimum absolute atomic E-state index is 0.0669. The molecule has 2 aromatic rings. The summed E-state index contributed by atoms with van der Waals surface area (Å²) in [5.41, 5.74) is 1.49. The second-order valence-electron chi connectivity index (χ2n) is 4.68. The summed E-state index contributed by atoms with van der Waals surface area (Å²) < 4.78 is 10.3. The Balaban J connectivity index is 2.35. The normalized spacial score (nSPS) is 13.5. The van der Waals surface area contributed by atoms with Crippen LogP contribution in [0.15, 0.2) is 36.5 Å². The lowest BCUT2D eigenvalue weighted by atomic mass is 9.89. The van der Waals surface area contributed by atoms with Gasteiger partial charge in [-0.3, -0.25) is 0 Å². The summed E-state index contributed by atoms with van der Waals surface area (Å²) in [7, 11) is 3.02. The van der Waals surface area contributed by atoms with Crippen molar-refractivity contribution < 1.29 is 14.6 Å². The molecule has 0 saturated carbocycles. The standard InChI is InChI=1S/C16H20N2O3/c1-4-12(11-8-6-5-7-9-11)15(19)14-16(21-3)18-13(20-2)10-17-14/h5-10,12,15,19H,4H2,1-3H3. The lowest BCUT2D eigenvalue weighted by Crippen LogP contribution is -2.14. The third-order valence-electron chi connectivity index (χ3n) is 3.48. The largest absolute Gasteiger partial charge is 0.480 e. The van der Waals surface area contributed by atoms with Gasteiger partial charge < -0.3 is 14.6 Å². The predicted molar refractivity (Wildman–Crippen MR) is 79.6 cm³/mol. The molecule has 0 bridgehead atoms. The summed E-state index contributed by atoms with van der Waals surface area (Å²) in [6.07, 6.45) is 1.48. The first kappa shape index (κ1) is 15.3. The van der Waals surface area contributed by atoms with Crippen molar-refractivity contribution in [3.05, 3.63) is 47.8 Å². The lowest BCUT2D eigenvalue weighted by molar-refractivity contribution is 0.132. The molecule has 112 valence electrons. The lowest BCUT2D eigenvalue weighted by Gasteiger charge is -2.22. The number of hydrogen-bond acceptors (Lipinski definition) is 5. The Kier molecular flexibility index (Phi) is 5.11. The molecule has 0 aliphatic rings. The van der Waals surface area contributed by atoms with E-state index >= 15 is 0 Å². The van der Waals surface area contributed by atoms with Crippen LogP contribution in [0.25, 0.3) is 0 Å². The molecule has 2 unspecified atom stereocenters. The van der Waals surface area contributed by atoms with Gasteiger partial charge >= 0.3 is 0 Å². The van der Waals surface area contributed by atoms with Crippen molar-refractivity contribution in [2.24, 2.45) is 0 Å². The average Bonchev–Trinajstić information content (AvgIpc) is 2.55. The Bertz CT molecular complexity index is 575. The highest BCUT2D eigenvalue weighted by atomic mass is 16.5. The number of aromatic nitrogens is 2. The maximum absolute atomic E-state index is 10.7. The molecule has 0 fully saturated rings. The number of rotatable bonds is 6. The Morgan fingerprint density at radius 2 is 1.86 bits per heavy atom. The second-order valence-corrected chi connectivity index (χ2v) is 4.68. The van der Waals surface area contributed by atoms with E-state index in [2.05, 4.69) is 9.97 Å². The predicted octanol–water partition coefficient (Wildman–Crippen LogP) is 2.72. The molecule has 2 rings (SSSR count). The van der Waals surface area contributed by atoms with E-state index in [4.69, 9.17) is 9.47 Å². The SMILES string of the molecule is CCC(c1ccccc1)C(O)c1ncc(OC)nc1OC. The molecule has 1 heterocycles. The van der Waals surface area contributed by atoms with Gasteiger partial charge in [0.1, 0.15) is 11.8 Å². The van der Waals surface area contributed by atoms with Gasteiger partial charge in [0.2, 0.25) is 11.8 Å². The smallest absolute Gasteiger partial charge is 0.241 e. The van der Waals surface area contributed by atoms with Crippen LogP contribution >= 0.6 is 0 Å². The first-order valence-electron chi connectivity index (χ1n) is 6.89. The highest BCUT2D eigenvalue weighted by Crippen LogP contribution is 2.36. The molecule has 5 heteroatoms. The summed E-state index contributed by atoms with van der Waals surface area (Å²) >= 11 is 0. The van der Waals surface area contributed by atoms with Crippen LogP contribution < -0.4 is 9.47 Å². The average molecular weight is 288 g/mol. The molecule has 1 aromatic heterocycles. The fraction of sp³-hybridized carbons (Fsp3) is 0.375. The monoisotopic (exact) mass is 288 g/mol. The summed E-state index contributed by atoms with van der Waals surface area (Å²) in [6, 6.07) is 9.88. The van der Waals surface area contributed by atoms with Gasteiger partial charge in [0.15, 0.2) is 0 Å². The maximum atomic E-state index is 10.7. The zero-order valence-electron chi connectivity index (χ0n) is 12.5. The first-order chi connectivity index (χ1) is 10.2. The topological polar surface area (TPSA) is 64.5 Å². The Morgan fingerprint density at radius 3 is 2.43 bits per heavy atom. The Labute approximate surface area is 124 Å². The molecule has 5 nitrogen and oxygen atoms in total. The maximum Gasteiger partial charge on any atom is 0.241 e. The zero-order chi connectivity index (χ0) is 15.2. The van der Waals surface area contributed by atoms with Gasteiger partial charge in [0, 0.05) is 5.92 Å². The van der Waals surface area contributed by atoms with Crippen molar-refractivity contribution in [2.45, 2.75) is 25.4 Å². The molecule has 0 amide bonds. The molecule has 0 spiro atoms. The van der Waals surface area contributed by atoms with E-state index in [0.29, 0.717) is 11.6 Å². The number of aliphatic hydroxyl groups excluding tert-OH is 1. The van der Waals surface area contributed by atoms with Gasteiger partial charge in [-0.15, -0.1) is 0 Å². The van der Waals surface area contributed by atoms with E-state index in [-0.39, 0.29) is 11.8 Å². The van der Waals surface area contributed by atoms with Gasteiger partial charge in [-0.05, 0) is 12.0 Å². The van der Waals surface area contributed by atoms with Crippen LogP contribution in [0.5, 0.6) is 11.8 Å². The van der Waals surface area contributed by atoms with Crippen LogP contribution in [0, 0.1) is 0 Å².